The monoisotopic (exact) mass is 220 g/mol. The van der Waals surface area contributed by atoms with Gasteiger partial charge in [-0.15, -0.1) is 12.4 Å². The molecule has 0 fully saturated rings. The first-order chi connectivity index (χ1) is 6.74. The van der Waals surface area contributed by atoms with E-state index in [0.29, 0.717) is 16.6 Å². The first-order valence-corrected chi connectivity index (χ1v) is 4.14. The van der Waals surface area contributed by atoms with E-state index in [9.17, 15) is 5.11 Å². The molecule has 0 radical (unpaired) electrons. The van der Waals surface area contributed by atoms with Gasteiger partial charge in [0.15, 0.2) is 0 Å². The molecule has 2 aromatic rings. The number of nitriles is 1. The smallest absolute Gasteiger partial charge is 0.140 e. The number of phenols is 1. The summed E-state index contributed by atoms with van der Waals surface area (Å²) < 4.78 is 0. The minimum absolute atomic E-state index is 0. The highest BCUT2D eigenvalue weighted by Crippen LogP contribution is 2.31. The molecular weight excluding hydrogens is 212 g/mol. The van der Waals surface area contributed by atoms with Crippen molar-refractivity contribution < 1.29 is 5.11 Å². The second-order valence-corrected chi connectivity index (χ2v) is 3.01. The molecule has 0 aromatic heterocycles. The van der Waals surface area contributed by atoms with Crippen molar-refractivity contribution in [2.75, 3.05) is 5.73 Å². The van der Waals surface area contributed by atoms with Crippen molar-refractivity contribution in [2.24, 2.45) is 0 Å². The number of nitrogen functional groups attached to an aromatic ring is 1. The first kappa shape index (κ1) is 11.2. The lowest BCUT2D eigenvalue weighted by Crippen LogP contribution is -1.90. The number of fused-ring (bicyclic) bond motifs is 1. The fourth-order valence-electron chi connectivity index (χ4n) is 1.48. The van der Waals surface area contributed by atoms with Crippen LogP contribution in [0.15, 0.2) is 30.3 Å². The molecule has 76 valence electrons. The Morgan fingerprint density at radius 1 is 1.20 bits per heavy atom. The second-order valence-electron chi connectivity index (χ2n) is 3.01. The SMILES string of the molecule is Cl.N#Cc1cc(O)c(N)c2ccccc12. The van der Waals surface area contributed by atoms with Crippen molar-refractivity contribution in [3.8, 4) is 11.8 Å². The summed E-state index contributed by atoms with van der Waals surface area (Å²) in [6.45, 7) is 0. The van der Waals surface area contributed by atoms with Crippen molar-refractivity contribution in [1.29, 1.82) is 5.26 Å². The van der Waals surface area contributed by atoms with Crippen molar-refractivity contribution >= 4 is 28.9 Å². The van der Waals surface area contributed by atoms with Crippen LogP contribution in [0.1, 0.15) is 5.56 Å². The van der Waals surface area contributed by atoms with Gasteiger partial charge in [-0.1, -0.05) is 24.3 Å². The van der Waals surface area contributed by atoms with Crippen LogP contribution in [-0.4, -0.2) is 5.11 Å². The van der Waals surface area contributed by atoms with Crippen LogP contribution in [0.25, 0.3) is 10.8 Å². The number of hydrogen-bond donors (Lipinski definition) is 2. The maximum Gasteiger partial charge on any atom is 0.140 e. The number of phenolic OH excluding ortho intramolecular Hbond substituents is 1. The van der Waals surface area contributed by atoms with Crippen molar-refractivity contribution in [2.45, 2.75) is 0 Å². The molecule has 15 heavy (non-hydrogen) atoms. The maximum atomic E-state index is 9.45. The Morgan fingerprint density at radius 3 is 2.40 bits per heavy atom. The highest BCUT2D eigenvalue weighted by molar-refractivity contribution is 5.99. The number of nitrogens with two attached hydrogens (primary N) is 1. The van der Waals surface area contributed by atoms with Gasteiger partial charge in [0, 0.05) is 16.8 Å². The molecule has 2 aromatic carbocycles. The Balaban J connectivity index is 0.00000112. The Labute approximate surface area is 93.2 Å². The van der Waals surface area contributed by atoms with Gasteiger partial charge < -0.3 is 10.8 Å². The highest BCUT2D eigenvalue weighted by atomic mass is 35.5. The predicted octanol–water partition coefficient (Wildman–Crippen LogP) is 2.42. The quantitative estimate of drug-likeness (QED) is 0.529. The molecule has 0 heterocycles. The lowest BCUT2D eigenvalue weighted by atomic mass is 10.0. The highest BCUT2D eigenvalue weighted by Gasteiger charge is 2.07. The second kappa shape index (κ2) is 4.07. The number of anilines is 1. The van der Waals surface area contributed by atoms with E-state index >= 15 is 0 Å². The van der Waals surface area contributed by atoms with Crippen molar-refractivity contribution in [3.05, 3.63) is 35.9 Å². The van der Waals surface area contributed by atoms with Gasteiger partial charge in [-0.25, -0.2) is 0 Å². The molecular formula is C11H9ClN2O. The Kier molecular flexibility index (Phi) is 3.03. The van der Waals surface area contributed by atoms with Crippen LogP contribution in [0, 0.1) is 11.3 Å². The third-order valence-corrected chi connectivity index (χ3v) is 2.18. The van der Waals surface area contributed by atoms with Gasteiger partial charge in [0.05, 0.1) is 17.3 Å². The zero-order valence-corrected chi connectivity index (χ0v) is 8.58. The average Bonchev–Trinajstić information content (AvgIpc) is 2.23. The summed E-state index contributed by atoms with van der Waals surface area (Å²) in [5.41, 5.74) is 6.44. The van der Waals surface area contributed by atoms with E-state index in [-0.39, 0.29) is 18.2 Å². The van der Waals surface area contributed by atoms with Gasteiger partial charge in [0.2, 0.25) is 0 Å². The van der Waals surface area contributed by atoms with Crippen LogP contribution >= 0.6 is 12.4 Å². The molecule has 0 aliphatic rings. The van der Waals surface area contributed by atoms with Crippen molar-refractivity contribution in [1.82, 2.24) is 0 Å². The zero-order chi connectivity index (χ0) is 10.1. The topological polar surface area (TPSA) is 70.0 Å². The van der Waals surface area contributed by atoms with E-state index in [1.807, 2.05) is 24.3 Å². The fourth-order valence-corrected chi connectivity index (χ4v) is 1.48. The number of hydrogen-bond acceptors (Lipinski definition) is 3. The molecule has 4 heteroatoms. The van der Waals surface area contributed by atoms with E-state index < -0.39 is 0 Å². The Hall–Kier alpha value is -1.92. The van der Waals surface area contributed by atoms with Crippen LogP contribution in [0.3, 0.4) is 0 Å². The predicted molar refractivity (Wildman–Crippen MR) is 62.0 cm³/mol. The lowest BCUT2D eigenvalue weighted by Gasteiger charge is -2.05. The summed E-state index contributed by atoms with van der Waals surface area (Å²) in [5.74, 6) is -0.0414. The maximum absolute atomic E-state index is 9.45. The molecule has 2 rings (SSSR count). The first-order valence-electron chi connectivity index (χ1n) is 4.14. The molecule has 0 amide bonds. The number of aromatic hydroxyl groups is 1. The molecule has 0 spiro atoms. The van der Waals surface area contributed by atoms with E-state index in [1.165, 1.54) is 6.07 Å². The summed E-state index contributed by atoms with van der Waals surface area (Å²) in [6, 6.07) is 10.7. The van der Waals surface area contributed by atoms with Gasteiger partial charge in [-0.05, 0) is 0 Å². The van der Waals surface area contributed by atoms with Gasteiger partial charge in [0.1, 0.15) is 5.75 Å². The molecule has 3 N–H and O–H groups in total. The van der Waals surface area contributed by atoms with Gasteiger partial charge in [0.25, 0.3) is 0 Å². The molecule has 0 unspecified atom stereocenters. The summed E-state index contributed by atoms with van der Waals surface area (Å²) >= 11 is 0. The van der Waals surface area contributed by atoms with Gasteiger partial charge in [-0.2, -0.15) is 5.26 Å². The van der Waals surface area contributed by atoms with E-state index in [2.05, 4.69) is 0 Å². The molecule has 0 bridgehead atoms. The van der Waals surface area contributed by atoms with E-state index in [4.69, 9.17) is 11.0 Å². The number of rotatable bonds is 0. The number of benzene rings is 2. The normalized spacial score (nSPS) is 9.27. The molecule has 0 atom stereocenters. The Morgan fingerprint density at radius 2 is 1.80 bits per heavy atom. The van der Waals surface area contributed by atoms with Crippen LogP contribution in [-0.2, 0) is 0 Å². The van der Waals surface area contributed by atoms with Crippen molar-refractivity contribution in [3.63, 3.8) is 0 Å². The van der Waals surface area contributed by atoms with Gasteiger partial charge in [-0.3, -0.25) is 0 Å². The molecule has 0 aliphatic carbocycles. The number of nitrogens with zero attached hydrogens (tertiary/aromatic N) is 1. The Bertz CT molecular complexity index is 546. The fraction of sp³-hybridized carbons (Fsp3) is 0. The molecule has 3 nitrogen and oxygen atoms in total. The summed E-state index contributed by atoms with van der Waals surface area (Å²) in [6.07, 6.45) is 0. The zero-order valence-electron chi connectivity index (χ0n) is 7.77. The molecule has 0 saturated carbocycles. The van der Waals surface area contributed by atoms with E-state index in [1.54, 1.807) is 6.07 Å². The molecule has 0 saturated heterocycles. The largest absolute Gasteiger partial charge is 0.506 e. The average molecular weight is 221 g/mol. The summed E-state index contributed by atoms with van der Waals surface area (Å²) in [4.78, 5) is 0. The summed E-state index contributed by atoms with van der Waals surface area (Å²) in [5, 5.41) is 19.8. The van der Waals surface area contributed by atoms with Crippen LogP contribution < -0.4 is 5.73 Å². The van der Waals surface area contributed by atoms with Gasteiger partial charge >= 0.3 is 0 Å². The van der Waals surface area contributed by atoms with Crippen LogP contribution in [0.5, 0.6) is 5.75 Å². The third kappa shape index (κ3) is 1.67. The van der Waals surface area contributed by atoms with E-state index in [0.717, 1.165) is 5.39 Å². The minimum Gasteiger partial charge on any atom is -0.506 e. The molecule has 0 aliphatic heterocycles. The minimum atomic E-state index is -0.0414. The third-order valence-electron chi connectivity index (χ3n) is 2.18. The summed E-state index contributed by atoms with van der Waals surface area (Å²) in [7, 11) is 0. The lowest BCUT2D eigenvalue weighted by molar-refractivity contribution is 0.478. The van der Waals surface area contributed by atoms with Crippen LogP contribution in [0.2, 0.25) is 0 Å². The number of halogens is 1. The van der Waals surface area contributed by atoms with Crippen LogP contribution in [0.4, 0.5) is 5.69 Å². The standard InChI is InChI=1S/C11H8N2O.ClH/c12-6-7-5-10(14)11(13)9-4-2-1-3-8(7)9;/h1-5,14H,13H2;1H.